The molecule has 5 nitrogen and oxygen atoms in total. The average Bonchev–Trinajstić information content (AvgIpc) is 2.69. The Hall–Kier alpha value is -0.880. The second-order valence-electron chi connectivity index (χ2n) is 3.86. The Labute approximate surface area is 88.6 Å². The van der Waals surface area contributed by atoms with Crippen LogP contribution in [0.3, 0.4) is 0 Å². The van der Waals surface area contributed by atoms with E-state index in [9.17, 15) is 8.42 Å². The lowest BCUT2D eigenvalue weighted by atomic mass is 10.1. The molecule has 1 saturated heterocycles. The first-order valence-electron chi connectivity index (χ1n) is 4.88. The number of rotatable bonds is 2. The molecule has 1 aromatic rings. The van der Waals surface area contributed by atoms with Gasteiger partial charge in [-0.25, -0.2) is 13.4 Å². The fourth-order valence-electron chi connectivity index (χ4n) is 1.80. The van der Waals surface area contributed by atoms with E-state index in [-0.39, 0.29) is 17.4 Å². The van der Waals surface area contributed by atoms with E-state index in [0.29, 0.717) is 24.6 Å². The van der Waals surface area contributed by atoms with Crippen molar-refractivity contribution < 1.29 is 12.8 Å². The van der Waals surface area contributed by atoms with Crippen molar-refractivity contribution in [2.75, 3.05) is 11.5 Å². The van der Waals surface area contributed by atoms with Crippen molar-refractivity contribution in [2.45, 2.75) is 25.8 Å². The van der Waals surface area contributed by atoms with Crippen LogP contribution in [0, 0.1) is 6.92 Å². The highest BCUT2D eigenvalue weighted by molar-refractivity contribution is 7.91. The Morgan fingerprint density at radius 3 is 2.80 bits per heavy atom. The summed E-state index contributed by atoms with van der Waals surface area (Å²) in [6, 6.07) is 0. The topological polar surface area (TPSA) is 86.2 Å². The smallest absolute Gasteiger partial charge is 0.198 e. The minimum atomic E-state index is -2.89. The van der Waals surface area contributed by atoms with Crippen molar-refractivity contribution in [3.05, 3.63) is 17.3 Å². The van der Waals surface area contributed by atoms with Gasteiger partial charge in [0.05, 0.1) is 29.7 Å². The highest BCUT2D eigenvalue weighted by atomic mass is 32.2. The maximum Gasteiger partial charge on any atom is 0.198 e. The molecule has 0 saturated carbocycles. The molecule has 0 bridgehead atoms. The Kier molecular flexibility index (Phi) is 2.56. The highest BCUT2D eigenvalue weighted by Crippen LogP contribution is 2.29. The van der Waals surface area contributed by atoms with Crippen LogP contribution >= 0.6 is 0 Å². The standard InChI is InChI=1S/C9H14N2O3S/c1-6-8(4-10)14-9(11-6)7-2-3-15(12,13)5-7/h7H,2-5,10H2,1H3. The van der Waals surface area contributed by atoms with Gasteiger partial charge in [-0.2, -0.15) is 0 Å². The van der Waals surface area contributed by atoms with Gasteiger partial charge in [-0.15, -0.1) is 0 Å². The van der Waals surface area contributed by atoms with Gasteiger partial charge in [-0.05, 0) is 13.3 Å². The SMILES string of the molecule is Cc1nc(C2CCS(=O)(=O)C2)oc1CN. The summed E-state index contributed by atoms with van der Waals surface area (Å²) in [4.78, 5) is 4.22. The van der Waals surface area contributed by atoms with Crippen LogP contribution in [0.5, 0.6) is 0 Å². The number of nitrogens with zero attached hydrogens (tertiary/aromatic N) is 1. The number of hydrogen-bond acceptors (Lipinski definition) is 5. The predicted octanol–water partition coefficient (Wildman–Crippen LogP) is 0.344. The number of hydrogen-bond donors (Lipinski definition) is 1. The van der Waals surface area contributed by atoms with Gasteiger partial charge in [0.25, 0.3) is 0 Å². The lowest BCUT2D eigenvalue weighted by Gasteiger charge is -1.99. The van der Waals surface area contributed by atoms with E-state index in [0.717, 1.165) is 5.69 Å². The summed E-state index contributed by atoms with van der Waals surface area (Å²) in [6.45, 7) is 2.12. The zero-order valence-electron chi connectivity index (χ0n) is 8.56. The number of sulfone groups is 1. The van der Waals surface area contributed by atoms with Gasteiger partial charge in [0, 0.05) is 0 Å². The normalized spacial score (nSPS) is 24.5. The van der Waals surface area contributed by atoms with Crippen LogP contribution in [-0.2, 0) is 16.4 Å². The van der Waals surface area contributed by atoms with Crippen LogP contribution in [-0.4, -0.2) is 24.9 Å². The number of oxazole rings is 1. The Morgan fingerprint density at radius 1 is 1.60 bits per heavy atom. The second kappa shape index (κ2) is 3.61. The molecule has 1 atom stereocenters. The maximum atomic E-state index is 11.3. The molecule has 2 rings (SSSR count). The van der Waals surface area contributed by atoms with Crippen LogP contribution in [0.15, 0.2) is 4.42 Å². The van der Waals surface area contributed by atoms with Gasteiger partial charge in [0.2, 0.25) is 0 Å². The zero-order valence-corrected chi connectivity index (χ0v) is 9.38. The van der Waals surface area contributed by atoms with Gasteiger partial charge in [0.1, 0.15) is 5.76 Å². The average molecular weight is 230 g/mol. The van der Waals surface area contributed by atoms with Crippen molar-refractivity contribution in [1.29, 1.82) is 0 Å². The predicted molar refractivity (Wildman–Crippen MR) is 55.1 cm³/mol. The van der Waals surface area contributed by atoms with E-state index in [4.69, 9.17) is 10.2 Å². The fraction of sp³-hybridized carbons (Fsp3) is 0.667. The molecular formula is C9H14N2O3S. The molecule has 1 fully saturated rings. The van der Waals surface area contributed by atoms with Crippen LogP contribution in [0.4, 0.5) is 0 Å². The molecule has 0 radical (unpaired) electrons. The van der Waals surface area contributed by atoms with Crippen LogP contribution in [0.1, 0.15) is 29.7 Å². The minimum Gasteiger partial charge on any atom is -0.444 e. The minimum absolute atomic E-state index is 0.0889. The molecule has 0 spiro atoms. The molecule has 1 unspecified atom stereocenters. The first-order valence-corrected chi connectivity index (χ1v) is 6.70. The van der Waals surface area contributed by atoms with Crippen molar-refractivity contribution in [2.24, 2.45) is 5.73 Å². The zero-order chi connectivity index (χ0) is 11.1. The van der Waals surface area contributed by atoms with Crippen LogP contribution in [0.25, 0.3) is 0 Å². The summed E-state index contributed by atoms with van der Waals surface area (Å²) in [5.74, 6) is 1.46. The molecule has 0 aliphatic carbocycles. The summed E-state index contributed by atoms with van der Waals surface area (Å²) in [5.41, 5.74) is 6.22. The Balaban J connectivity index is 2.24. The third-order valence-corrected chi connectivity index (χ3v) is 4.44. The number of nitrogens with two attached hydrogens (primary N) is 1. The largest absolute Gasteiger partial charge is 0.444 e. The van der Waals surface area contributed by atoms with Crippen molar-refractivity contribution in [3.8, 4) is 0 Å². The lowest BCUT2D eigenvalue weighted by molar-refractivity contribution is 0.429. The molecule has 1 aromatic heterocycles. The van der Waals surface area contributed by atoms with Gasteiger partial charge in [-0.3, -0.25) is 0 Å². The van der Waals surface area contributed by atoms with Gasteiger partial charge >= 0.3 is 0 Å². The summed E-state index contributed by atoms with van der Waals surface area (Å²) < 4.78 is 28.0. The third kappa shape index (κ3) is 2.05. The maximum absolute atomic E-state index is 11.3. The second-order valence-corrected chi connectivity index (χ2v) is 6.09. The van der Waals surface area contributed by atoms with Gasteiger partial charge < -0.3 is 10.2 Å². The molecule has 2 heterocycles. The highest BCUT2D eigenvalue weighted by Gasteiger charge is 2.32. The van der Waals surface area contributed by atoms with E-state index in [1.807, 2.05) is 6.92 Å². The van der Waals surface area contributed by atoms with E-state index < -0.39 is 9.84 Å². The first kappa shape index (κ1) is 10.6. The Bertz CT molecular complexity index is 464. The van der Waals surface area contributed by atoms with E-state index in [1.165, 1.54) is 0 Å². The van der Waals surface area contributed by atoms with Crippen molar-refractivity contribution in [1.82, 2.24) is 4.98 Å². The van der Waals surface area contributed by atoms with Crippen molar-refractivity contribution >= 4 is 9.84 Å². The summed E-state index contributed by atoms with van der Waals surface area (Å²) in [5, 5.41) is 0. The summed E-state index contributed by atoms with van der Waals surface area (Å²) in [6.07, 6.45) is 0.603. The molecule has 2 N–H and O–H groups in total. The molecule has 6 heteroatoms. The molecule has 15 heavy (non-hydrogen) atoms. The third-order valence-electron chi connectivity index (χ3n) is 2.68. The molecule has 1 aliphatic rings. The summed E-state index contributed by atoms with van der Waals surface area (Å²) >= 11 is 0. The van der Waals surface area contributed by atoms with Gasteiger partial charge in [-0.1, -0.05) is 0 Å². The molecule has 84 valence electrons. The quantitative estimate of drug-likeness (QED) is 0.792. The van der Waals surface area contributed by atoms with Crippen molar-refractivity contribution in [3.63, 3.8) is 0 Å². The first-order chi connectivity index (χ1) is 7.02. The Morgan fingerprint density at radius 2 is 2.33 bits per heavy atom. The molecule has 0 amide bonds. The van der Waals surface area contributed by atoms with Crippen LogP contribution < -0.4 is 5.73 Å². The molecular weight excluding hydrogens is 216 g/mol. The van der Waals surface area contributed by atoms with E-state index >= 15 is 0 Å². The number of aromatic nitrogens is 1. The van der Waals surface area contributed by atoms with Crippen LogP contribution in [0.2, 0.25) is 0 Å². The summed E-state index contributed by atoms with van der Waals surface area (Å²) in [7, 11) is -2.89. The van der Waals surface area contributed by atoms with E-state index in [1.54, 1.807) is 0 Å². The fourth-order valence-corrected chi connectivity index (χ4v) is 3.54. The molecule has 0 aromatic carbocycles. The van der Waals surface area contributed by atoms with Gasteiger partial charge in [0.15, 0.2) is 15.7 Å². The number of aryl methyl sites for hydroxylation is 1. The lowest BCUT2D eigenvalue weighted by Crippen LogP contribution is -2.04. The molecule has 1 aliphatic heterocycles. The monoisotopic (exact) mass is 230 g/mol. The van der Waals surface area contributed by atoms with E-state index in [2.05, 4.69) is 4.98 Å².